The van der Waals surface area contributed by atoms with Gasteiger partial charge in [0.05, 0.1) is 17.2 Å². The fraction of sp³-hybridized carbons (Fsp3) is 0.273. The van der Waals surface area contributed by atoms with Crippen LogP contribution in [0.5, 0.6) is 0 Å². The van der Waals surface area contributed by atoms with Crippen molar-refractivity contribution in [3.05, 3.63) is 29.3 Å². The van der Waals surface area contributed by atoms with Crippen molar-refractivity contribution < 1.29 is 23.1 Å². The van der Waals surface area contributed by atoms with Crippen LogP contribution in [0.15, 0.2) is 18.2 Å². The van der Waals surface area contributed by atoms with Crippen LogP contribution in [0.4, 0.5) is 18.9 Å². The molecule has 0 unspecified atom stereocenters. The molecule has 19 heavy (non-hydrogen) atoms. The Kier molecular flexibility index (Phi) is 4.91. The van der Waals surface area contributed by atoms with Crippen molar-refractivity contribution in [3.8, 4) is 6.07 Å². The number of hydrogen-bond donors (Lipinski definition) is 2. The lowest BCUT2D eigenvalue weighted by atomic mass is 10.1. The SMILES string of the molecule is N#Cc1ccc(NC(=O)[C@@H](O)CBr)cc1C(F)(F)F. The van der Waals surface area contributed by atoms with Gasteiger partial charge < -0.3 is 10.4 Å². The molecule has 1 rings (SSSR count). The van der Waals surface area contributed by atoms with Gasteiger partial charge in [-0.25, -0.2) is 0 Å². The molecular formula is C11H8BrF3N2O2. The third kappa shape index (κ3) is 3.94. The number of nitrogens with one attached hydrogen (secondary N) is 1. The number of carbonyl (C=O) groups excluding carboxylic acids is 1. The third-order valence-corrected chi connectivity index (χ3v) is 2.78. The van der Waals surface area contributed by atoms with E-state index in [1.165, 1.54) is 6.07 Å². The van der Waals surface area contributed by atoms with E-state index in [0.29, 0.717) is 6.07 Å². The molecule has 1 aromatic carbocycles. The fourth-order valence-electron chi connectivity index (χ4n) is 1.25. The number of aliphatic hydroxyl groups excluding tert-OH is 1. The van der Waals surface area contributed by atoms with E-state index in [4.69, 9.17) is 5.26 Å². The summed E-state index contributed by atoms with van der Waals surface area (Å²) in [4.78, 5) is 11.3. The lowest BCUT2D eigenvalue weighted by Crippen LogP contribution is -2.28. The Morgan fingerprint density at radius 3 is 2.63 bits per heavy atom. The van der Waals surface area contributed by atoms with Gasteiger partial charge in [-0.3, -0.25) is 4.79 Å². The normalized spacial score (nSPS) is 12.6. The van der Waals surface area contributed by atoms with Gasteiger partial charge >= 0.3 is 6.18 Å². The van der Waals surface area contributed by atoms with Gasteiger partial charge in [0, 0.05) is 11.0 Å². The minimum Gasteiger partial charge on any atom is -0.382 e. The van der Waals surface area contributed by atoms with Crippen LogP contribution in [-0.4, -0.2) is 22.4 Å². The Morgan fingerprint density at radius 2 is 2.16 bits per heavy atom. The molecule has 4 nitrogen and oxygen atoms in total. The lowest BCUT2D eigenvalue weighted by Gasteiger charge is -2.12. The second-order valence-electron chi connectivity index (χ2n) is 3.53. The minimum absolute atomic E-state index is 0.0404. The number of carbonyl (C=O) groups is 1. The fourth-order valence-corrected chi connectivity index (χ4v) is 1.54. The Bertz CT molecular complexity index is 526. The highest BCUT2D eigenvalue weighted by atomic mass is 79.9. The van der Waals surface area contributed by atoms with Gasteiger partial charge in [-0.1, -0.05) is 15.9 Å². The van der Waals surface area contributed by atoms with E-state index in [2.05, 4.69) is 21.2 Å². The highest BCUT2D eigenvalue weighted by Crippen LogP contribution is 2.33. The van der Waals surface area contributed by atoms with Crippen LogP contribution >= 0.6 is 15.9 Å². The van der Waals surface area contributed by atoms with Crippen LogP contribution in [0.3, 0.4) is 0 Å². The molecule has 0 saturated heterocycles. The molecule has 0 spiro atoms. The summed E-state index contributed by atoms with van der Waals surface area (Å²) in [5.74, 6) is -0.838. The first kappa shape index (κ1) is 15.5. The predicted octanol–water partition coefficient (Wildman–Crippen LogP) is 2.27. The van der Waals surface area contributed by atoms with Gasteiger partial charge in [0.15, 0.2) is 0 Å². The first-order valence-electron chi connectivity index (χ1n) is 4.96. The zero-order valence-corrected chi connectivity index (χ0v) is 10.9. The monoisotopic (exact) mass is 336 g/mol. The molecule has 0 saturated carbocycles. The van der Waals surface area contributed by atoms with E-state index in [9.17, 15) is 23.1 Å². The van der Waals surface area contributed by atoms with Crippen molar-refractivity contribution in [1.82, 2.24) is 0 Å². The number of nitriles is 1. The zero-order chi connectivity index (χ0) is 14.6. The second-order valence-corrected chi connectivity index (χ2v) is 4.18. The van der Waals surface area contributed by atoms with E-state index < -0.39 is 29.3 Å². The molecule has 2 N–H and O–H groups in total. The summed E-state index contributed by atoms with van der Waals surface area (Å²) in [6.07, 6.45) is -6.06. The molecule has 1 aromatic rings. The summed E-state index contributed by atoms with van der Waals surface area (Å²) in [6.45, 7) is 0. The molecule has 1 amide bonds. The summed E-state index contributed by atoms with van der Waals surface area (Å²) in [5.41, 5.74) is -1.82. The van der Waals surface area contributed by atoms with Crippen molar-refractivity contribution in [2.45, 2.75) is 12.3 Å². The Balaban J connectivity index is 3.07. The first-order valence-corrected chi connectivity index (χ1v) is 6.08. The van der Waals surface area contributed by atoms with E-state index >= 15 is 0 Å². The van der Waals surface area contributed by atoms with Crippen molar-refractivity contribution in [2.24, 2.45) is 0 Å². The van der Waals surface area contributed by atoms with Gasteiger partial charge in [-0.05, 0) is 18.2 Å². The number of aliphatic hydroxyl groups is 1. The maximum atomic E-state index is 12.7. The highest BCUT2D eigenvalue weighted by molar-refractivity contribution is 9.09. The standard InChI is InChI=1S/C11H8BrF3N2O2/c12-4-9(18)10(19)17-7-2-1-6(5-16)8(3-7)11(13,14)15/h1-3,9,18H,4H2,(H,17,19)/t9-/m0/s1. The van der Waals surface area contributed by atoms with Gasteiger partial charge in [-0.2, -0.15) is 18.4 Å². The van der Waals surface area contributed by atoms with E-state index in [1.54, 1.807) is 0 Å². The Morgan fingerprint density at radius 1 is 1.53 bits per heavy atom. The number of amides is 1. The zero-order valence-electron chi connectivity index (χ0n) is 9.33. The van der Waals surface area contributed by atoms with E-state index in [1.807, 2.05) is 0 Å². The largest absolute Gasteiger partial charge is 0.417 e. The summed E-state index contributed by atoms with van der Waals surface area (Å²) < 4.78 is 38.0. The third-order valence-electron chi connectivity index (χ3n) is 2.16. The van der Waals surface area contributed by atoms with E-state index in [0.717, 1.165) is 12.1 Å². The summed E-state index contributed by atoms with van der Waals surface area (Å²) in [7, 11) is 0. The maximum Gasteiger partial charge on any atom is 0.417 e. The van der Waals surface area contributed by atoms with Crippen molar-refractivity contribution >= 4 is 27.5 Å². The number of anilines is 1. The van der Waals surface area contributed by atoms with Crippen molar-refractivity contribution in [3.63, 3.8) is 0 Å². The number of hydrogen-bond acceptors (Lipinski definition) is 3. The average Bonchev–Trinajstić information content (AvgIpc) is 2.36. The van der Waals surface area contributed by atoms with Crippen LogP contribution in [0.2, 0.25) is 0 Å². The molecule has 102 valence electrons. The molecule has 0 heterocycles. The molecule has 0 fully saturated rings. The van der Waals surface area contributed by atoms with Crippen LogP contribution < -0.4 is 5.32 Å². The Hall–Kier alpha value is -1.59. The minimum atomic E-state index is -4.69. The van der Waals surface area contributed by atoms with Crippen LogP contribution in [0.25, 0.3) is 0 Å². The van der Waals surface area contributed by atoms with Crippen molar-refractivity contribution in [1.29, 1.82) is 5.26 Å². The molecule has 0 aliphatic rings. The van der Waals surface area contributed by atoms with Crippen molar-refractivity contribution in [2.75, 3.05) is 10.6 Å². The van der Waals surface area contributed by atoms with Gasteiger partial charge in [0.2, 0.25) is 0 Å². The Labute approximate surface area is 115 Å². The molecule has 8 heteroatoms. The lowest BCUT2D eigenvalue weighted by molar-refractivity contribution is -0.137. The molecular weight excluding hydrogens is 329 g/mol. The molecule has 0 aromatic heterocycles. The molecule has 0 bridgehead atoms. The number of halogens is 4. The topological polar surface area (TPSA) is 73.1 Å². The maximum absolute atomic E-state index is 12.7. The average molecular weight is 337 g/mol. The number of nitrogens with zero attached hydrogens (tertiary/aromatic N) is 1. The van der Waals surface area contributed by atoms with Crippen LogP contribution in [0, 0.1) is 11.3 Å². The van der Waals surface area contributed by atoms with Gasteiger partial charge in [0.1, 0.15) is 6.10 Å². The summed E-state index contributed by atoms with van der Waals surface area (Å²) in [6, 6.07) is 4.19. The summed E-state index contributed by atoms with van der Waals surface area (Å²) in [5, 5.41) is 19.9. The first-order chi connectivity index (χ1) is 8.79. The smallest absolute Gasteiger partial charge is 0.382 e. The molecule has 1 atom stereocenters. The molecule has 0 aliphatic heterocycles. The second kappa shape index (κ2) is 6.04. The quantitative estimate of drug-likeness (QED) is 0.831. The van der Waals surface area contributed by atoms with E-state index in [-0.39, 0.29) is 11.0 Å². The summed E-state index contributed by atoms with van der Waals surface area (Å²) >= 11 is 2.86. The number of benzene rings is 1. The van der Waals surface area contributed by atoms with Gasteiger partial charge in [-0.15, -0.1) is 0 Å². The van der Waals surface area contributed by atoms with Crippen LogP contribution in [0.1, 0.15) is 11.1 Å². The molecule has 0 aliphatic carbocycles. The highest BCUT2D eigenvalue weighted by Gasteiger charge is 2.34. The number of rotatable bonds is 3. The van der Waals surface area contributed by atoms with Gasteiger partial charge in [0.25, 0.3) is 5.91 Å². The number of alkyl halides is 4. The van der Waals surface area contributed by atoms with Crippen LogP contribution in [-0.2, 0) is 11.0 Å². The predicted molar refractivity (Wildman–Crippen MR) is 64.6 cm³/mol. The molecule has 0 radical (unpaired) electrons.